The van der Waals surface area contributed by atoms with Crippen molar-refractivity contribution in [1.82, 2.24) is 5.32 Å². The van der Waals surface area contributed by atoms with Crippen molar-refractivity contribution in [3.63, 3.8) is 0 Å². The van der Waals surface area contributed by atoms with Crippen LogP contribution in [0.25, 0.3) is 0 Å². The van der Waals surface area contributed by atoms with Crippen LogP contribution in [-0.2, 0) is 20.9 Å². The maximum absolute atomic E-state index is 14.3. The van der Waals surface area contributed by atoms with Gasteiger partial charge in [-0.05, 0) is 145 Å². The molecule has 1 aromatic rings. The minimum atomic E-state index is -0.961. The molecule has 7 nitrogen and oxygen atoms in total. The third-order valence-electron chi connectivity index (χ3n) is 19.6. The van der Waals surface area contributed by atoms with Gasteiger partial charge in [-0.15, -0.1) is 0 Å². The molecule has 57 heavy (non-hydrogen) atoms. The van der Waals surface area contributed by atoms with E-state index in [0.29, 0.717) is 49.7 Å². The predicted octanol–water partition coefficient (Wildman–Crippen LogP) is 10.5. The van der Waals surface area contributed by atoms with E-state index in [4.69, 9.17) is 16.3 Å². The van der Waals surface area contributed by atoms with Crippen molar-refractivity contribution in [2.75, 3.05) is 6.54 Å². The van der Waals surface area contributed by atoms with Gasteiger partial charge in [0, 0.05) is 41.3 Å². The second kappa shape index (κ2) is 15.0. The fourth-order valence-electron chi connectivity index (χ4n) is 15.8. The summed E-state index contributed by atoms with van der Waals surface area (Å²) in [4.78, 5) is 26.2. The Kier molecular flexibility index (Phi) is 11.4. The topological polar surface area (TPSA) is 116 Å². The van der Waals surface area contributed by atoms with E-state index in [1.807, 2.05) is 38.1 Å². The normalized spacial score (nSPS) is 41.9. The first-order valence-corrected chi connectivity index (χ1v) is 23.1. The van der Waals surface area contributed by atoms with Gasteiger partial charge >= 0.3 is 5.97 Å². The summed E-state index contributed by atoms with van der Waals surface area (Å²) in [7, 11) is 0. The summed E-state index contributed by atoms with van der Waals surface area (Å²) in [6.45, 7) is 22.1. The van der Waals surface area contributed by atoms with Crippen LogP contribution in [0.15, 0.2) is 35.4 Å². The van der Waals surface area contributed by atoms with E-state index in [1.54, 1.807) is 0 Å². The number of carbonyl (C=O) groups excluding carboxylic acids is 1. The average molecular weight is 809 g/mol. The zero-order valence-corrected chi connectivity index (χ0v) is 37.4. The highest BCUT2D eigenvalue weighted by molar-refractivity contribution is 6.31. The smallest absolute Gasteiger partial charge is 0.306 e. The number of fused-ring (bicyclic) bond motifs is 6. The standard InChI is InChI=1S/C49H74ClNO6/c1-10-31(41(54)55)26-32(11-2)42(56)57-38-17-19-44(6)36-16-18-46(8)40-39(30(3)4)35(52)27-48(40,37(53)29-51-28-33-14-12-13-15-34(33)50)23-22-47(46,9)43(36,5)20-24-49(44)25-21-45(38,49)7/h12-15,30-32,36-38,42,51,53,56H,10-11,16-29H2,1-9H3,(H,54,55)/t31-,32+,36-,37-,38?,42?,43?,44+,45+,46?,47-,48?,49-/m0/s1. The number of hydrogen-bond donors (Lipinski definition) is 4. The van der Waals surface area contributed by atoms with Crippen molar-refractivity contribution in [3.8, 4) is 0 Å². The van der Waals surface area contributed by atoms with Gasteiger partial charge in [-0.3, -0.25) is 9.59 Å². The third kappa shape index (κ3) is 5.98. The molecule has 8 heteroatoms. The summed E-state index contributed by atoms with van der Waals surface area (Å²) in [6.07, 6.45) is 10.9. The van der Waals surface area contributed by atoms with Gasteiger partial charge in [0.05, 0.1) is 18.1 Å². The van der Waals surface area contributed by atoms with E-state index < -0.39 is 29.7 Å². The van der Waals surface area contributed by atoms with Gasteiger partial charge in [-0.1, -0.05) is 92.1 Å². The van der Waals surface area contributed by atoms with Crippen molar-refractivity contribution < 1.29 is 29.6 Å². The molecule has 318 valence electrons. The minimum absolute atomic E-state index is 0.0448. The summed E-state index contributed by atoms with van der Waals surface area (Å²) in [5, 5.41) is 37.9. The zero-order valence-electron chi connectivity index (χ0n) is 36.6. The Balaban J connectivity index is 1.17. The van der Waals surface area contributed by atoms with Crippen LogP contribution in [-0.4, -0.2) is 52.1 Å². The first kappa shape index (κ1) is 43.3. The minimum Gasteiger partial charge on any atom is -0.481 e. The summed E-state index contributed by atoms with van der Waals surface area (Å²) >= 11 is 6.49. The number of aliphatic carboxylic acids is 1. The molecule has 5 fully saturated rings. The molecule has 6 aliphatic rings. The van der Waals surface area contributed by atoms with Crippen LogP contribution in [0.2, 0.25) is 5.02 Å². The first-order chi connectivity index (χ1) is 26.8. The average Bonchev–Trinajstić information content (AvgIpc) is 3.48. The van der Waals surface area contributed by atoms with Crippen molar-refractivity contribution in [3.05, 3.63) is 46.0 Å². The van der Waals surface area contributed by atoms with Crippen LogP contribution in [0, 0.1) is 61.6 Å². The van der Waals surface area contributed by atoms with Crippen LogP contribution in [0.4, 0.5) is 0 Å². The summed E-state index contributed by atoms with van der Waals surface area (Å²) in [5.41, 5.74) is 2.68. The lowest BCUT2D eigenvalue weighted by Crippen LogP contribution is -2.75. The number of carbonyl (C=O) groups is 2. The molecular weight excluding hydrogens is 734 g/mol. The highest BCUT2D eigenvalue weighted by Crippen LogP contribution is 2.85. The van der Waals surface area contributed by atoms with Crippen LogP contribution in [0.1, 0.15) is 158 Å². The summed E-state index contributed by atoms with van der Waals surface area (Å²) in [6, 6.07) is 7.84. The van der Waals surface area contributed by atoms with Gasteiger partial charge in [0.15, 0.2) is 12.1 Å². The molecular formula is C49H74ClNO6. The maximum Gasteiger partial charge on any atom is 0.306 e. The number of Topliss-reactive ketones (excluding diaryl/α,β-unsaturated/α-hetero) is 1. The van der Waals surface area contributed by atoms with Gasteiger partial charge < -0.3 is 25.4 Å². The molecule has 4 N–H and O–H groups in total. The number of halogens is 1. The first-order valence-electron chi connectivity index (χ1n) is 22.7. The van der Waals surface area contributed by atoms with E-state index >= 15 is 0 Å². The quantitative estimate of drug-likeness (QED) is 0.138. The molecule has 0 aliphatic heterocycles. The van der Waals surface area contributed by atoms with Crippen molar-refractivity contribution in [1.29, 1.82) is 0 Å². The number of aliphatic hydroxyl groups excluding tert-OH is 2. The number of benzene rings is 1. The summed E-state index contributed by atoms with van der Waals surface area (Å²) in [5.74, 6) is -0.612. The Labute approximate surface area is 348 Å². The number of rotatable bonds is 14. The molecule has 5 unspecified atom stereocenters. The summed E-state index contributed by atoms with van der Waals surface area (Å²) < 4.78 is 6.75. The Morgan fingerprint density at radius 1 is 0.895 bits per heavy atom. The van der Waals surface area contributed by atoms with Crippen LogP contribution >= 0.6 is 11.6 Å². The monoisotopic (exact) mass is 808 g/mol. The number of aliphatic hydroxyl groups is 2. The lowest BCUT2D eigenvalue weighted by Gasteiger charge is -2.81. The number of hydrogen-bond acceptors (Lipinski definition) is 6. The van der Waals surface area contributed by atoms with Gasteiger partial charge in [-0.25, -0.2) is 0 Å². The van der Waals surface area contributed by atoms with Crippen molar-refractivity contribution in [2.24, 2.45) is 61.6 Å². The Hall–Kier alpha value is -1.77. The van der Waals surface area contributed by atoms with Crippen LogP contribution in [0.5, 0.6) is 0 Å². The predicted molar refractivity (Wildman–Crippen MR) is 226 cm³/mol. The number of ketones is 1. The molecule has 0 heterocycles. The molecule has 0 bridgehead atoms. The largest absolute Gasteiger partial charge is 0.481 e. The SMILES string of the molecule is CC[C@@H](C[C@@H](CC)C(O)OC1CC[C@]2(C)[C@H]3CCC4(C)C5=C(C(C)C)C(=O)CC5([C@@H](O)CNCc5ccccc5Cl)CC[C@@]4(C)C3(C)CC[C@]23CC[C@]13C)C(=O)O. The Bertz CT molecular complexity index is 1760. The van der Waals surface area contributed by atoms with Gasteiger partial charge in [0.25, 0.3) is 0 Å². The van der Waals surface area contributed by atoms with Gasteiger partial charge in [0.2, 0.25) is 0 Å². The number of ether oxygens (including phenoxy) is 1. The van der Waals surface area contributed by atoms with Crippen molar-refractivity contribution in [2.45, 2.75) is 177 Å². The molecule has 13 atom stereocenters. The van der Waals surface area contributed by atoms with Crippen LogP contribution in [0.3, 0.4) is 0 Å². The van der Waals surface area contributed by atoms with E-state index in [2.05, 4.69) is 53.8 Å². The Morgan fingerprint density at radius 3 is 2.19 bits per heavy atom. The molecule has 5 saturated carbocycles. The maximum atomic E-state index is 14.3. The van der Waals surface area contributed by atoms with Crippen molar-refractivity contribution >= 4 is 23.4 Å². The fourth-order valence-corrected chi connectivity index (χ4v) is 16.0. The lowest BCUT2D eigenvalue weighted by molar-refractivity contribution is -0.344. The molecule has 1 aromatic carbocycles. The van der Waals surface area contributed by atoms with E-state index in [9.17, 15) is 24.9 Å². The fraction of sp³-hybridized carbons (Fsp3) is 0.796. The second-order valence-electron chi connectivity index (χ2n) is 21.4. The molecule has 0 aromatic heterocycles. The number of allylic oxidation sites excluding steroid dienone is 1. The molecule has 0 radical (unpaired) electrons. The van der Waals surface area contributed by atoms with Crippen LogP contribution < -0.4 is 5.32 Å². The molecule has 6 aliphatic carbocycles. The highest BCUT2D eigenvalue weighted by Gasteiger charge is 2.79. The third-order valence-corrected chi connectivity index (χ3v) is 19.9. The number of carboxylic acid groups (broad SMARTS) is 1. The van der Waals surface area contributed by atoms with Gasteiger partial charge in [0.1, 0.15) is 0 Å². The second-order valence-corrected chi connectivity index (χ2v) is 21.8. The van der Waals surface area contributed by atoms with E-state index in [0.717, 1.165) is 68.9 Å². The number of nitrogens with one attached hydrogen (secondary N) is 1. The molecule has 7 rings (SSSR count). The van der Waals surface area contributed by atoms with E-state index in [1.165, 1.54) is 12.0 Å². The van der Waals surface area contributed by atoms with Gasteiger partial charge in [-0.2, -0.15) is 0 Å². The molecule has 0 saturated heterocycles. The Morgan fingerprint density at radius 2 is 1.58 bits per heavy atom. The molecule has 1 spiro atoms. The zero-order chi connectivity index (χ0) is 41.6. The lowest BCUT2D eigenvalue weighted by atomic mass is 9.24. The van der Waals surface area contributed by atoms with E-state index in [-0.39, 0.29) is 56.2 Å². The highest BCUT2D eigenvalue weighted by atomic mass is 35.5. The number of carboxylic acids is 1. The molecule has 0 amide bonds.